The Kier molecular flexibility index (Phi) is 2.89. The number of hydrogen-bond acceptors (Lipinski definition) is 3. The third kappa shape index (κ3) is 2.30. The average molecular weight is 279 g/mol. The number of nitrogens with zero attached hydrogens (tertiary/aromatic N) is 1. The van der Waals surface area contributed by atoms with E-state index in [0.29, 0.717) is 5.02 Å². The molecule has 5 heteroatoms. The van der Waals surface area contributed by atoms with Crippen LogP contribution in [0.25, 0.3) is 10.2 Å². The Hall–Kier alpha value is -1.65. The molecule has 0 bridgehead atoms. The maximum Gasteiger partial charge on any atom is 0.188 e. The lowest BCUT2D eigenvalue weighted by molar-refractivity contribution is 0.630. The number of fused-ring (bicyclic) bond motifs is 1. The van der Waals surface area contributed by atoms with Crippen LogP contribution in [0, 0.1) is 5.82 Å². The summed E-state index contributed by atoms with van der Waals surface area (Å²) in [7, 11) is 0. The molecule has 0 saturated heterocycles. The Labute approximate surface area is 112 Å². The Balaban J connectivity index is 1.92. The molecule has 0 aliphatic carbocycles. The van der Waals surface area contributed by atoms with Gasteiger partial charge in [0.15, 0.2) is 5.13 Å². The van der Waals surface area contributed by atoms with Crippen molar-refractivity contribution in [2.24, 2.45) is 0 Å². The fourth-order valence-electron chi connectivity index (χ4n) is 1.61. The van der Waals surface area contributed by atoms with Crippen molar-refractivity contribution in [1.82, 2.24) is 4.98 Å². The van der Waals surface area contributed by atoms with Crippen molar-refractivity contribution in [2.45, 2.75) is 0 Å². The second kappa shape index (κ2) is 4.55. The van der Waals surface area contributed by atoms with Gasteiger partial charge in [0.25, 0.3) is 0 Å². The van der Waals surface area contributed by atoms with Crippen LogP contribution in [0.1, 0.15) is 0 Å². The zero-order valence-electron chi connectivity index (χ0n) is 9.15. The lowest BCUT2D eigenvalue weighted by Gasteiger charge is -2.01. The van der Waals surface area contributed by atoms with Crippen LogP contribution in [0.15, 0.2) is 42.5 Å². The fraction of sp³-hybridized carbons (Fsp3) is 0. The molecule has 90 valence electrons. The Bertz CT molecular complexity index is 694. The van der Waals surface area contributed by atoms with E-state index in [9.17, 15) is 4.39 Å². The van der Waals surface area contributed by atoms with E-state index in [-0.39, 0.29) is 5.82 Å². The SMILES string of the molecule is Fc1ccc2nc(Nc3ccc(Cl)cc3)sc2c1. The molecule has 1 heterocycles. The Morgan fingerprint density at radius 2 is 1.89 bits per heavy atom. The quantitative estimate of drug-likeness (QED) is 0.726. The molecular weight excluding hydrogens is 271 g/mol. The lowest BCUT2D eigenvalue weighted by Crippen LogP contribution is -1.87. The minimum atomic E-state index is -0.246. The molecule has 0 radical (unpaired) electrons. The molecule has 2 aromatic carbocycles. The van der Waals surface area contributed by atoms with E-state index in [2.05, 4.69) is 10.3 Å². The molecule has 0 aliphatic rings. The van der Waals surface area contributed by atoms with Gasteiger partial charge in [-0.15, -0.1) is 0 Å². The van der Waals surface area contributed by atoms with Gasteiger partial charge in [-0.3, -0.25) is 0 Å². The van der Waals surface area contributed by atoms with Gasteiger partial charge in [-0.05, 0) is 42.5 Å². The van der Waals surface area contributed by atoms with E-state index >= 15 is 0 Å². The van der Waals surface area contributed by atoms with Crippen LogP contribution in [0.5, 0.6) is 0 Å². The first-order chi connectivity index (χ1) is 8.70. The highest BCUT2D eigenvalue weighted by Crippen LogP contribution is 2.29. The molecule has 18 heavy (non-hydrogen) atoms. The molecule has 2 nitrogen and oxygen atoms in total. The second-order valence-corrected chi connectivity index (χ2v) is 5.23. The van der Waals surface area contributed by atoms with Crippen molar-refractivity contribution >= 4 is 44.0 Å². The van der Waals surface area contributed by atoms with Crippen molar-refractivity contribution in [3.8, 4) is 0 Å². The van der Waals surface area contributed by atoms with Crippen LogP contribution >= 0.6 is 22.9 Å². The molecule has 0 atom stereocenters. The first-order valence-electron chi connectivity index (χ1n) is 5.29. The molecule has 0 fully saturated rings. The topological polar surface area (TPSA) is 24.9 Å². The smallest absolute Gasteiger partial charge is 0.188 e. The number of benzene rings is 2. The van der Waals surface area contributed by atoms with Gasteiger partial charge in [-0.1, -0.05) is 22.9 Å². The van der Waals surface area contributed by atoms with Crippen LogP contribution in [0.2, 0.25) is 5.02 Å². The number of hydrogen-bond donors (Lipinski definition) is 1. The Morgan fingerprint density at radius 3 is 2.67 bits per heavy atom. The molecule has 1 aromatic heterocycles. The molecule has 3 aromatic rings. The number of aromatic nitrogens is 1. The summed E-state index contributed by atoms with van der Waals surface area (Å²) in [5.74, 6) is -0.246. The van der Waals surface area contributed by atoms with Gasteiger partial charge in [0, 0.05) is 10.7 Å². The number of rotatable bonds is 2. The van der Waals surface area contributed by atoms with Gasteiger partial charge in [0.05, 0.1) is 10.2 Å². The molecule has 0 amide bonds. The predicted molar refractivity (Wildman–Crippen MR) is 74.3 cm³/mol. The minimum absolute atomic E-state index is 0.246. The summed E-state index contributed by atoms with van der Waals surface area (Å²) in [6.45, 7) is 0. The molecule has 0 aliphatic heterocycles. The maximum atomic E-state index is 13.1. The van der Waals surface area contributed by atoms with Gasteiger partial charge in [-0.2, -0.15) is 0 Å². The third-order valence-electron chi connectivity index (χ3n) is 2.45. The first-order valence-corrected chi connectivity index (χ1v) is 6.49. The summed E-state index contributed by atoms with van der Waals surface area (Å²) in [4.78, 5) is 4.38. The lowest BCUT2D eigenvalue weighted by atomic mass is 10.3. The van der Waals surface area contributed by atoms with Crippen LogP contribution in [-0.2, 0) is 0 Å². The van der Waals surface area contributed by atoms with E-state index in [1.54, 1.807) is 18.2 Å². The fourth-order valence-corrected chi connectivity index (χ4v) is 2.65. The van der Waals surface area contributed by atoms with Crippen LogP contribution < -0.4 is 5.32 Å². The Morgan fingerprint density at radius 1 is 1.11 bits per heavy atom. The summed E-state index contributed by atoms with van der Waals surface area (Å²) >= 11 is 7.23. The maximum absolute atomic E-state index is 13.1. The van der Waals surface area contributed by atoms with E-state index in [0.717, 1.165) is 21.0 Å². The van der Waals surface area contributed by atoms with Crippen LogP contribution in [0.3, 0.4) is 0 Å². The summed E-state index contributed by atoms with van der Waals surface area (Å²) in [5.41, 5.74) is 1.69. The zero-order valence-corrected chi connectivity index (χ0v) is 10.7. The van der Waals surface area contributed by atoms with E-state index in [1.807, 2.05) is 12.1 Å². The molecule has 0 unspecified atom stereocenters. The van der Waals surface area contributed by atoms with Crippen molar-refractivity contribution in [1.29, 1.82) is 0 Å². The van der Waals surface area contributed by atoms with E-state index in [1.165, 1.54) is 23.5 Å². The zero-order chi connectivity index (χ0) is 12.5. The van der Waals surface area contributed by atoms with Crippen molar-refractivity contribution < 1.29 is 4.39 Å². The monoisotopic (exact) mass is 278 g/mol. The largest absolute Gasteiger partial charge is 0.332 e. The molecular formula is C13H8ClFN2S. The highest BCUT2D eigenvalue weighted by molar-refractivity contribution is 7.22. The number of nitrogens with one attached hydrogen (secondary N) is 1. The summed E-state index contributed by atoms with van der Waals surface area (Å²) in [6.07, 6.45) is 0. The van der Waals surface area contributed by atoms with Crippen molar-refractivity contribution in [2.75, 3.05) is 5.32 Å². The van der Waals surface area contributed by atoms with Crippen molar-refractivity contribution in [3.63, 3.8) is 0 Å². The number of anilines is 2. The van der Waals surface area contributed by atoms with E-state index < -0.39 is 0 Å². The normalized spacial score (nSPS) is 10.8. The highest BCUT2D eigenvalue weighted by atomic mass is 35.5. The second-order valence-electron chi connectivity index (χ2n) is 3.76. The third-order valence-corrected chi connectivity index (χ3v) is 3.63. The minimum Gasteiger partial charge on any atom is -0.332 e. The van der Waals surface area contributed by atoms with Gasteiger partial charge in [0.1, 0.15) is 5.82 Å². The van der Waals surface area contributed by atoms with Crippen molar-refractivity contribution in [3.05, 3.63) is 53.3 Å². The van der Waals surface area contributed by atoms with Crippen LogP contribution in [-0.4, -0.2) is 4.98 Å². The standard InChI is InChI=1S/C13H8ClFN2S/c14-8-1-4-10(5-2-8)16-13-17-11-6-3-9(15)7-12(11)18-13/h1-7H,(H,16,17). The first kappa shape index (κ1) is 11.4. The average Bonchev–Trinajstić information content (AvgIpc) is 2.73. The summed E-state index contributed by atoms with van der Waals surface area (Å²) in [6, 6.07) is 11.9. The molecule has 0 saturated carbocycles. The van der Waals surface area contributed by atoms with E-state index in [4.69, 9.17) is 11.6 Å². The number of halogens is 2. The van der Waals surface area contributed by atoms with Gasteiger partial charge in [-0.25, -0.2) is 9.37 Å². The van der Waals surface area contributed by atoms with Gasteiger partial charge in [0.2, 0.25) is 0 Å². The van der Waals surface area contributed by atoms with Gasteiger partial charge < -0.3 is 5.32 Å². The molecule has 3 rings (SSSR count). The van der Waals surface area contributed by atoms with Gasteiger partial charge >= 0.3 is 0 Å². The highest BCUT2D eigenvalue weighted by Gasteiger charge is 2.04. The summed E-state index contributed by atoms with van der Waals surface area (Å²) in [5, 5.41) is 4.59. The predicted octanol–water partition coefficient (Wildman–Crippen LogP) is 4.83. The molecule has 1 N–H and O–H groups in total. The van der Waals surface area contributed by atoms with Crippen LogP contribution in [0.4, 0.5) is 15.2 Å². The molecule has 0 spiro atoms. The summed E-state index contributed by atoms with van der Waals surface area (Å²) < 4.78 is 13.9. The number of thiazole rings is 1.